The highest BCUT2D eigenvalue weighted by molar-refractivity contribution is 6.01. The van der Waals surface area contributed by atoms with E-state index < -0.39 is 11.7 Å². The van der Waals surface area contributed by atoms with Gasteiger partial charge in [-0.25, -0.2) is 4.39 Å². The third kappa shape index (κ3) is 2.10. The first-order chi connectivity index (χ1) is 6.69. The van der Waals surface area contributed by atoms with Crippen molar-refractivity contribution < 1.29 is 9.18 Å². The second-order valence-electron chi connectivity index (χ2n) is 2.61. The quantitative estimate of drug-likeness (QED) is 0.722. The van der Waals surface area contributed by atoms with E-state index in [0.29, 0.717) is 5.69 Å². The van der Waals surface area contributed by atoms with E-state index in [1.807, 2.05) is 0 Å². The predicted molar refractivity (Wildman–Crippen MR) is 54.8 cm³/mol. The summed E-state index contributed by atoms with van der Waals surface area (Å²) in [5, 5.41) is 5.16. The van der Waals surface area contributed by atoms with Crippen molar-refractivity contribution in [2.45, 2.75) is 0 Å². The summed E-state index contributed by atoms with van der Waals surface area (Å²) >= 11 is 0. The number of benzene rings is 1. The van der Waals surface area contributed by atoms with Gasteiger partial charge in [0.15, 0.2) is 0 Å². The lowest BCUT2D eigenvalue weighted by Crippen LogP contribution is -2.10. The van der Waals surface area contributed by atoms with E-state index in [2.05, 4.69) is 17.2 Å². The van der Waals surface area contributed by atoms with E-state index in [1.54, 1.807) is 19.2 Å². The third-order valence-electron chi connectivity index (χ3n) is 1.72. The predicted octanol–water partition coefficient (Wildman–Crippen LogP) is 1.99. The molecule has 2 N–H and O–H groups in total. The number of carbonyl (C=O) groups excluding carboxylic acids is 1. The Morgan fingerprint density at radius 3 is 2.86 bits per heavy atom. The molecular formula is C10H11FN2O. The lowest BCUT2D eigenvalue weighted by atomic mass is 10.2. The van der Waals surface area contributed by atoms with Crippen LogP contribution in [0.25, 0.3) is 0 Å². The maximum Gasteiger partial charge on any atom is 0.247 e. The van der Waals surface area contributed by atoms with Crippen LogP contribution >= 0.6 is 0 Å². The highest BCUT2D eigenvalue weighted by Gasteiger charge is 2.08. The fourth-order valence-electron chi connectivity index (χ4n) is 1.03. The molecule has 1 amide bonds. The first kappa shape index (κ1) is 10.2. The van der Waals surface area contributed by atoms with Crippen LogP contribution in [0.3, 0.4) is 0 Å². The van der Waals surface area contributed by atoms with Gasteiger partial charge in [-0.2, -0.15) is 0 Å². The second kappa shape index (κ2) is 4.41. The average Bonchev–Trinajstić information content (AvgIpc) is 2.20. The summed E-state index contributed by atoms with van der Waals surface area (Å²) in [6, 6.07) is 4.51. The van der Waals surface area contributed by atoms with Crippen LogP contribution in [-0.2, 0) is 4.79 Å². The van der Waals surface area contributed by atoms with Gasteiger partial charge in [0.1, 0.15) is 11.5 Å². The topological polar surface area (TPSA) is 41.1 Å². The van der Waals surface area contributed by atoms with Gasteiger partial charge in [-0.15, -0.1) is 0 Å². The van der Waals surface area contributed by atoms with E-state index >= 15 is 0 Å². The SMILES string of the molecule is C=CC(=O)Nc1c(F)cccc1NC. The molecule has 1 rings (SSSR count). The fourth-order valence-corrected chi connectivity index (χ4v) is 1.03. The van der Waals surface area contributed by atoms with Crippen LogP contribution in [0.15, 0.2) is 30.9 Å². The molecule has 0 aliphatic heterocycles. The van der Waals surface area contributed by atoms with E-state index in [0.717, 1.165) is 6.08 Å². The summed E-state index contributed by atoms with van der Waals surface area (Å²) in [6.45, 7) is 3.29. The molecular weight excluding hydrogens is 183 g/mol. The molecule has 0 fully saturated rings. The zero-order valence-electron chi connectivity index (χ0n) is 7.80. The molecule has 0 saturated heterocycles. The lowest BCUT2D eigenvalue weighted by Gasteiger charge is -2.09. The van der Waals surface area contributed by atoms with Crippen LogP contribution in [0.4, 0.5) is 15.8 Å². The van der Waals surface area contributed by atoms with Gasteiger partial charge < -0.3 is 10.6 Å². The number of rotatable bonds is 3. The fraction of sp³-hybridized carbons (Fsp3) is 0.100. The molecule has 0 spiro atoms. The first-order valence-corrected chi connectivity index (χ1v) is 4.08. The summed E-state index contributed by atoms with van der Waals surface area (Å²) in [5.41, 5.74) is 0.667. The summed E-state index contributed by atoms with van der Waals surface area (Å²) < 4.78 is 13.2. The van der Waals surface area contributed by atoms with Crippen molar-refractivity contribution in [3.63, 3.8) is 0 Å². The number of anilines is 2. The highest BCUT2D eigenvalue weighted by Crippen LogP contribution is 2.24. The minimum absolute atomic E-state index is 0.139. The Kier molecular flexibility index (Phi) is 3.23. The van der Waals surface area contributed by atoms with Gasteiger partial charge in [0.05, 0.1) is 5.69 Å². The van der Waals surface area contributed by atoms with Crippen LogP contribution < -0.4 is 10.6 Å². The number of amides is 1. The van der Waals surface area contributed by atoms with Gasteiger partial charge in [-0.05, 0) is 18.2 Å². The Bertz CT molecular complexity index is 363. The van der Waals surface area contributed by atoms with Gasteiger partial charge >= 0.3 is 0 Å². The van der Waals surface area contributed by atoms with Gasteiger partial charge in [0.2, 0.25) is 5.91 Å². The van der Waals surface area contributed by atoms with E-state index in [1.165, 1.54) is 6.07 Å². The standard InChI is InChI=1S/C10H11FN2O/c1-3-9(14)13-10-7(11)5-4-6-8(10)12-2/h3-6,12H,1H2,2H3,(H,13,14). The average molecular weight is 194 g/mol. The van der Waals surface area contributed by atoms with Crippen molar-refractivity contribution in [1.82, 2.24) is 0 Å². The van der Waals surface area contributed by atoms with Crippen molar-refractivity contribution in [2.75, 3.05) is 17.7 Å². The van der Waals surface area contributed by atoms with Crippen LogP contribution in [0.2, 0.25) is 0 Å². The van der Waals surface area contributed by atoms with Gasteiger partial charge in [0, 0.05) is 7.05 Å². The molecule has 0 bridgehead atoms. The maximum absolute atomic E-state index is 13.2. The minimum Gasteiger partial charge on any atom is -0.386 e. The molecule has 3 nitrogen and oxygen atoms in total. The molecule has 1 aromatic carbocycles. The third-order valence-corrected chi connectivity index (χ3v) is 1.72. The van der Waals surface area contributed by atoms with Crippen molar-refractivity contribution in [2.24, 2.45) is 0 Å². The summed E-state index contributed by atoms with van der Waals surface area (Å²) in [4.78, 5) is 11.0. The van der Waals surface area contributed by atoms with Gasteiger partial charge in [-0.3, -0.25) is 4.79 Å². The molecule has 4 heteroatoms. The molecule has 0 unspecified atom stereocenters. The molecule has 0 saturated carbocycles. The Hall–Kier alpha value is -1.84. The monoisotopic (exact) mass is 194 g/mol. The Balaban J connectivity index is 3.04. The maximum atomic E-state index is 13.2. The minimum atomic E-state index is -0.480. The number of hydrogen-bond donors (Lipinski definition) is 2. The smallest absolute Gasteiger partial charge is 0.247 e. The Morgan fingerprint density at radius 1 is 1.57 bits per heavy atom. The van der Waals surface area contributed by atoms with E-state index in [9.17, 15) is 9.18 Å². The normalized spacial score (nSPS) is 9.29. The van der Waals surface area contributed by atoms with E-state index in [4.69, 9.17) is 0 Å². The van der Waals surface area contributed by atoms with Gasteiger partial charge in [-0.1, -0.05) is 12.6 Å². The van der Waals surface area contributed by atoms with Gasteiger partial charge in [0.25, 0.3) is 0 Å². The highest BCUT2D eigenvalue weighted by atomic mass is 19.1. The van der Waals surface area contributed by atoms with Crippen molar-refractivity contribution in [1.29, 1.82) is 0 Å². The Morgan fingerprint density at radius 2 is 2.29 bits per heavy atom. The van der Waals surface area contributed by atoms with Crippen LogP contribution in [0.1, 0.15) is 0 Å². The molecule has 0 heterocycles. The summed E-state index contributed by atoms with van der Waals surface area (Å²) in [5.74, 6) is -0.918. The van der Waals surface area contributed by atoms with Crippen molar-refractivity contribution >= 4 is 17.3 Å². The number of carbonyl (C=O) groups is 1. The number of hydrogen-bond acceptors (Lipinski definition) is 2. The largest absolute Gasteiger partial charge is 0.386 e. The molecule has 14 heavy (non-hydrogen) atoms. The molecule has 74 valence electrons. The zero-order valence-corrected chi connectivity index (χ0v) is 7.80. The first-order valence-electron chi connectivity index (χ1n) is 4.08. The lowest BCUT2D eigenvalue weighted by molar-refractivity contribution is -0.111. The summed E-state index contributed by atoms with van der Waals surface area (Å²) in [6.07, 6.45) is 1.09. The zero-order chi connectivity index (χ0) is 10.6. The van der Waals surface area contributed by atoms with Crippen molar-refractivity contribution in [3.05, 3.63) is 36.7 Å². The number of para-hydroxylation sites is 1. The number of nitrogens with one attached hydrogen (secondary N) is 2. The van der Waals surface area contributed by atoms with Crippen LogP contribution in [-0.4, -0.2) is 13.0 Å². The molecule has 0 aromatic heterocycles. The molecule has 0 aliphatic carbocycles. The Labute approximate surface area is 81.6 Å². The molecule has 0 radical (unpaired) electrons. The second-order valence-corrected chi connectivity index (χ2v) is 2.61. The van der Waals surface area contributed by atoms with Crippen LogP contribution in [0.5, 0.6) is 0 Å². The molecule has 0 atom stereocenters. The van der Waals surface area contributed by atoms with Crippen molar-refractivity contribution in [3.8, 4) is 0 Å². The molecule has 1 aromatic rings. The van der Waals surface area contributed by atoms with E-state index in [-0.39, 0.29) is 5.69 Å². The number of halogens is 1. The van der Waals surface area contributed by atoms with Crippen LogP contribution in [0, 0.1) is 5.82 Å². The summed E-state index contributed by atoms with van der Waals surface area (Å²) in [7, 11) is 1.65. The molecule has 0 aliphatic rings.